The molecule has 0 amide bonds. The van der Waals surface area contributed by atoms with Crippen LogP contribution in [0.15, 0.2) is 24.5 Å². The number of rotatable bonds is 6. The number of phenols is 1. The van der Waals surface area contributed by atoms with Crippen molar-refractivity contribution in [2.24, 2.45) is 0 Å². The molecule has 0 bridgehead atoms. The molecular formula is C21H24F2N6OS. The number of benzene rings is 1. The third-order valence-corrected chi connectivity index (χ3v) is 7.17. The minimum absolute atomic E-state index is 0.0884. The molecule has 2 unspecified atom stereocenters. The molecule has 2 aromatic heterocycles. The number of aromatic nitrogens is 4. The summed E-state index contributed by atoms with van der Waals surface area (Å²) in [6.45, 7) is 0. The van der Waals surface area contributed by atoms with Crippen LogP contribution in [0.3, 0.4) is 0 Å². The lowest BCUT2D eigenvalue weighted by Gasteiger charge is -2.39. The fourth-order valence-corrected chi connectivity index (χ4v) is 5.36. The molecule has 0 aliphatic heterocycles. The SMILES string of the molecule is CNC1CCC(F)[C@@H](N(c2nnc(-c3cc(F)c(-c4cn[nH]c4)cc3O)s2)C2CC2)C1. The van der Waals surface area contributed by atoms with E-state index in [0.717, 1.165) is 19.3 Å². The van der Waals surface area contributed by atoms with Crippen molar-refractivity contribution in [3.63, 3.8) is 0 Å². The molecule has 31 heavy (non-hydrogen) atoms. The van der Waals surface area contributed by atoms with Crippen LogP contribution in [-0.2, 0) is 0 Å². The van der Waals surface area contributed by atoms with Gasteiger partial charge in [-0.15, -0.1) is 10.2 Å². The third kappa shape index (κ3) is 3.89. The normalized spacial score (nSPS) is 23.8. The lowest BCUT2D eigenvalue weighted by molar-refractivity contribution is 0.184. The fraction of sp³-hybridized carbons (Fsp3) is 0.476. The Kier molecular flexibility index (Phi) is 5.35. The van der Waals surface area contributed by atoms with Crippen molar-refractivity contribution in [2.75, 3.05) is 11.9 Å². The van der Waals surface area contributed by atoms with E-state index in [2.05, 4.69) is 30.6 Å². The second-order valence-corrected chi connectivity index (χ2v) is 9.20. The summed E-state index contributed by atoms with van der Waals surface area (Å²) in [5.74, 6) is -0.576. The molecule has 2 heterocycles. The number of hydrogen-bond acceptors (Lipinski definition) is 7. The van der Waals surface area contributed by atoms with Gasteiger partial charge in [-0.3, -0.25) is 5.10 Å². The number of anilines is 1. The number of nitrogens with zero attached hydrogens (tertiary/aromatic N) is 4. The quantitative estimate of drug-likeness (QED) is 0.532. The van der Waals surface area contributed by atoms with Crippen LogP contribution in [0.5, 0.6) is 5.75 Å². The van der Waals surface area contributed by atoms with Crippen molar-refractivity contribution in [2.45, 2.75) is 56.4 Å². The molecule has 2 aliphatic carbocycles. The van der Waals surface area contributed by atoms with Crippen LogP contribution in [0, 0.1) is 5.82 Å². The van der Waals surface area contributed by atoms with E-state index in [0.29, 0.717) is 28.5 Å². The summed E-state index contributed by atoms with van der Waals surface area (Å²) in [5.41, 5.74) is 1.07. The van der Waals surface area contributed by atoms with Crippen LogP contribution in [0.2, 0.25) is 0 Å². The van der Waals surface area contributed by atoms with Gasteiger partial charge in [0.1, 0.15) is 17.7 Å². The molecule has 1 aromatic carbocycles. The maximum absolute atomic E-state index is 14.9. The van der Waals surface area contributed by atoms with E-state index in [1.54, 1.807) is 6.20 Å². The number of alkyl halides is 1. The summed E-state index contributed by atoms with van der Waals surface area (Å²) in [4.78, 5) is 2.07. The number of phenolic OH excluding ortho intramolecular Hbond substituents is 1. The highest BCUT2D eigenvalue weighted by Crippen LogP contribution is 2.43. The number of aromatic amines is 1. The maximum atomic E-state index is 14.9. The highest BCUT2D eigenvalue weighted by Gasteiger charge is 2.42. The predicted molar refractivity (Wildman–Crippen MR) is 115 cm³/mol. The van der Waals surface area contributed by atoms with Gasteiger partial charge >= 0.3 is 0 Å². The van der Waals surface area contributed by atoms with E-state index in [-0.39, 0.29) is 35.0 Å². The van der Waals surface area contributed by atoms with Gasteiger partial charge in [-0.1, -0.05) is 11.3 Å². The minimum atomic E-state index is -0.919. The molecule has 0 saturated heterocycles. The van der Waals surface area contributed by atoms with Gasteiger partial charge in [-0.25, -0.2) is 8.78 Å². The lowest BCUT2D eigenvalue weighted by atomic mass is 9.88. The molecule has 3 N–H and O–H groups in total. The Bertz CT molecular complexity index is 1050. The van der Waals surface area contributed by atoms with E-state index in [1.807, 2.05) is 7.05 Å². The van der Waals surface area contributed by atoms with E-state index >= 15 is 0 Å². The first-order valence-corrected chi connectivity index (χ1v) is 11.3. The summed E-state index contributed by atoms with van der Waals surface area (Å²) < 4.78 is 29.6. The standard InChI is InChI=1S/C21H24F2N6OS/c1-24-12-2-5-16(22)18(6-12)29(13-3-4-13)21-28-27-20(31-21)15-7-17(23)14(8-19(15)30)11-9-25-26-10-11/h7-10,12-13,16,18,24,30H,2-6H2,1H3,(H,25,26)/t12?,16?,18-/m0/s1. The molecule has 2 fully saturated rings. The van der Waals surface area contributed by atoms with Crippen LogP contribution >= 0.6 is 11.3 Å². The smallest absolute Gasteiger partial charge is 0.209 e. The minimum Gasteiger partial charge on any atom is -0.507 e. The van der Waals surface area contributed by atoms with Gasteiger partial charge in [-0.2, -0.15) is 5.10 Å². The van der Waals surface area contributed by atoms with Gasteiger partial charge in [0.25, 0.3) is 0 Å². The Hall–Kier alpha value is -2.59. The topological polar surface area (TPSA) is 90.0 Å². The van der Waals surface area contributed by atoms with Crippen LogP contribution in [0.25, 0.3) is 21.7 Å². The zero-order valence-corrected chi connectivity index (χ0v) is 17.9. The molecule has 2 aliphatic rings. The second kappa shape index (κ2) is 8.16. The van der Waals surface area contributed by atoms with Gasteiger partial charge in [0.05, 0.1) is 17.8 Å². The molecular weight excluding hydrogens is 422 g/mol. The van der Waals surface area contributed by atoms with Crippen molar-refractivity contribution in [3.05, 3.63) is 30.3 Å². The predicted octanol–water partition coefficient (Wildman–Crippen LogP) is 3.89. The third-order valence-electron chi connectivity index (χ3n) is 6.20. The maximum Gasteiger partial charge on any atom is 0.209 e. The van der Waals surface area contributed by atoms with Crippen molar-refractivity contribution in [1.29, 1.82) is 0 Å². The molecule has 7 nitrogen and oxygen atoms in total. The van der Waals surface area contributed by atoms with E-state index in [1.165, 1.54) is 29.7 Å². The summed E-state index contributed by atoms with van der Waals surface area (Å²) >= 11 is 1.26. The molecule has 164 valence electrons. The average molecular weight is 447 g/mol. The average Bonchev–Trinajstić information content (AvgIpc) is 3.24. The molecule has 0 radical (unpaired) electrons. The van der Waals surface area contributed by atoms with Crippen LogP contribution < -0.4 is 10.2 Å². The van der Waals surface area contributed by atoms with Crippen molar-refractivity contribution in [1.82, 2.24) is 25.7 Å². The molecule has 5 rings (SSSR count). The largest absolute Gasteiger partial charge is 0.507 e. The van der Waals surface area contributed by atoms with Gasteiger partial charge < -0.3 is 15.3 Å². The Morgan fingerprint density at radius 3 is 2.74 bits per heavy atom. The van der Waals surface area contributed by atoms with Crippen molar-refractivity contribution < 1.29 is 13.9 Å². The molecule has 10 heteroatoms. The summed E-state index contributed by atoms with van der Waals surface area (Å²) in [6, 6.07) is 2.91. The highest BCUT2D eigenvalue weighted by molar-refractivity contribution is 7.18. The zero-order chi connectivity index (χ0) is 21.5. The van der Waals surface area contributed by atoms with E-state index in [9.17, 15) is 13.9 Å². The van der Waals surface area contributed by atoms with Gasteiger partial charge in [0.2, 0.25) is 5.13 Å². The van der Waals surface area contributed by atoms with Crippen molar-refractivity contribution >= 4 is 16.5 Å². The highest BCUT2D eigenvalue weighted by atomic mass is 32.1. The van der Waals surface area contributed by atoms with Gasteiger partial charge in [-0.05, 0) is 51.3 Å². The summed E-state index contributed by atoms with van der Waals surface area (Å²) in [7, 11) is 1.91. The molecule has 3 aromatic rings. The number of halogens is 2. The first-order valence-electron chi connectivity index (χ1n) is 10.5. The first-order chi connectivity index (χ1) is 15.0. The molecule has 2 saturated carbocycles. The number of H-pyrrole nitrogens is 1. The summed E-state index contributed by atoms with van der Waals surface area (Å²) in [6.07, 6.45) is 6.19. The van der Waals surface area contributed by atoms with Gasteiger partial charge in [0, 0.05) is 29.4 Å². The molecule has 3 atom stereocenters. The van der Waals surface area contributed by atoms with Crippen LogP contribution in [0.1, 0.15) is 32.1 Å². The number of aromatic hydroxyl groups is 1. The fourth-order valence-electron chi connectivity index (χ4n) is 4.36. The van der Waals surface area contributed by atoms with E-state index < -0.39 is 12.0 Å². The number of hydrogen-bond donors (Lipinski definition) is 3. The zero-order valence-electron chi connectivity index (χ0n) is 17.1. The van der Waals surface area contributed by atoms with Crippen LogP contribution in [-0.4, -0.2) is 56.8 Å². The van der Waals surface area contributed by atoms with Crippen LogP contribution in [0.4, 0.5) is 13.9 Å². The van der Waals surface area contributed by atoms with Crippen molar-refractivity contribution in [3.8, 4) is 27.4 Å². The Balaban J connectivity index is 1.46. The summed E-state index contributed by atoms with van der Waals surface area (Å²) in [5, 5.41) is 29.9. The first kappa shape index (κ1) is 20.3. The van der Waals surface area contributed by atoms with Gasteiger partial charge in [0.15, 0.2) is 5.01 Å². The Labute approximate surface area is 182 Å². The lowest BCUT2D eigenvalue weighted by Crippen LogP contribution is -2.50. The second-order valence-electron chi connectivity index (χ2n) is 8.25. The Morgan fingerprint density at radius 1 is 1.19 bits per heavy atom. The number of nitrogens with one attached hydrogen (secondary N) is 2. The Morgan fingerprint density at radius 2 is 2.03 bits per heavy atom. The molecule has 0 spiro atoms. The monoisotopic (exact) mass is 446 g/mol. The van der Waals surface area contributed by atoms with E-state index in [4.69, 9.17) is 0 Å².